The second kappa shape index (κ2) is 6.36. The van der Waals surface area contributed by atoms with E-state index in [1.807, 2.05) is 0 Å². The van der Waals surface area contributed by atoms with E-state index in [-0.39, 0.29) is 12.4 Å². The number of carbonyl (C=O) groups excluding carboxylic acids is 2. The maximum Gasteiger partial charge on any atom is 0.410 e. The number of nitrogens with zero attached hydrogens (tertiary/aromatic N) is 1. The van der Waals surface area contributed by atoms with E-state index in [4.69, 9.17) is 9.47 Å². The molecule has 0 atom stereocenters. The molecule has 0 aliphatic rings. The van der Waals surface area contributed by atoms with Gasteiger partial charge in [-0.3, -0.25) is 4.90 Å². The highest BCUT2D eigenvalue weighted by Crippen LogP contribution is 2.21. The van der Waals surface area contributed by atoms with Crippen molar-refractivity contribution < 1.29 is 23.5 Å². The minimum absolute atomic E-state index is 0.106. The predicted molar refractivity (Wildman–Crippen MR) is 70.4 cm³/mol. The summed E-state index contributed by atoms with van der Waals surface area (Å²) in [4.78, 5) is 24.9. The molecule has 5 nitrogen and oxygen atoms in total. The van der Waals surface area contributed by atoms with Crippen molar-refractivity contribution in [2.45, 2.75) is 25.9 Å². The number of hydrogen-bond acceptors (Lipinski definition) is 4. The number of amides is 1. The maximum atomic E-state index is 12.9. The standard InChI is InChI=1S/C14H18FNO4/c1-14(2,12(17)19-3)16(13(18)20-4)9-10-5-7-11(15)8-6-10/h5-8H,9H2,1-4H3. The molecule has 20 heavy (non-hydrogen) atoms. The summed E-state index contributed by atoms with van der Waals surface area (Å²) < 4.78 is 22.3. The van der Waals surface area contributed by atoms with Gasteiger partial charge in [-0.1, -0.05) is 12.1 Å². The number of rotatable bonds is 4. The zero-order valence-electron chi connectivity index (χ0n) is 12.0. The van der Waals surface area contributed by atoms with E-state index in [2.05, 4.69) is 0 Å². The fourth-order valence-electron chi connectivity index (χ4n) is 1.73. The molecule has 0 unspecified atom stereocenters. The SMILES string of the molecule is COC(=O)N(Cc1ccc(F)cc1)C(C)(C)C(=O)OC. The topological polar surface area (TPSA) is 55.8 Å². The number of esters is 1. The lowest BCUT2D eigenvalue weighted by molar-refractivity contribution is -0.152. The third-order valence-corrected chi connectivity index (χ3v) is 3.01. The summed E-state index contributed by atoms with van der Waals surface area (Å²) in [5.74, 6) is -0.935. The number of carbonyl (C=O) groups is 2. The summed E-state index contributed by atoms with van der Waals surface area (Å²) in [7, 11) is 2.48. The van der Waals surface area contributed by atoms with Gasteiger partial charge in [0.1, 0.15) is 11.4 Å². The lowest BCUT2D eigenvalue weighted by Gasteiger charge is -2.34. The van der Waals surface area contributed by atoms with E-state index < -0.39 is 17.6 Å². The van der Waals surface area contributed by atoms with Gasteiger partial charge < -0.3 is 9.47 Å². The van der Waals surface area contributed by atoms with Crippen LogP contribution in [0.15, 0.2) is 24.3 Å². The molecule has 1 aromatic rings. The third kappa shape index (κ3) is 3.46. The molecule has 6 heteroatoms. The number of hydrogen-bond donors (Lipinski definition) is 0. The average molecular weight is 283 g/mol. The Kier molecular flexibility index (Phi) is 5.07. The minimum atomic E-state index is -1.20. The molecule has 0 bridgehead atoms. The molecule has 0 N–H and O–H groups in total. The monoisotopic (exact) mass is 283 g/mol. The van der Waals surface area contributed by atoms with Gasteiger partial charge in [-0.15, -0.1) is 0 Å². The van der Waals surface area contributed by atoms with Gasteiger partial charge in [0.25, 0.3) is 0 Å². The molecule has 0 fully saturated rings. The first-order chi connectivity index (χ1) is 9.32. The van der Waals surface area contributed by atoms with E-state index in [0.29, 0.717) is 5.56 Å². The van der Waals surface area contributed by atoms with E-state index in [9.17, 15) is 14.0 Å². The van der Waals surface area contributed by atoms with Crippen LogP contribution in [-0.4, -0.2) is 36.7 Å². The molecular formula is C14H18FNO4. The Balaban J connectivity index is 3.04. The highest BCUT2D eigenvalue weighted by atomic mass is 19.1. The second-order valence-electron chi connectivity index (χ2n) is 4.73. The van der Waals surface area contributed by atoms with Crippen molar-refractivity contribution in [2.75, 3.05) is 14.2 Å². The number of benzene rings is 1. The Morgan fingerprint density at radius 2 is 1.70 bits per heavy atom. The number of halogens is 1. The van der Waals surface area contributed by atoms with Gasteiger partial charge in [-0.2, -0.15) is 0 Å². The van der Waals surface area contributed by atoms with Crippen LogP contribution in [0, 0.1) is 5.82 Å². The normalized spacial score (nSPS) is 10.8. The number of methoxy groups -OCH3 is 2. The molecule has 0 aliphatic carbocycles. The van der Waals surface area contributed by atoms with Crippen LogP contribution < -0.4 is 0 Å². The van der Waals surface area contributed by atoms with Crippen LogP contribution in [0.25, 0.3) is 0 Å². The fraction of sp³-hybridized carbons (Fsp3) is 0.429. The van der Waals surface area contributed by atoms with Crippen molar-refractivity contribution >= 4 is 12.1 Å². The molecule has 1 amide bonds. The largest absolute Gasteiger partial charge is 0.467 e. The van der Waals surface area contributed by atoms with E-state index in [0.717, 1.165) is 0 Å². The van der Waals surface area contributed by atoms with Gasteiger partial charge in [0.2, 0.25) is 0 Å². The Hall–Kier alpha value is -2.11. The predicted octanol–water partition coefficient (Wildman–Crippen LogP) is 2.35. The molecule has 0 aliphatic heterocycles. The fourth-order valence-corrected chi connectivity index (χ4v) is 1.73. The summed E-state index contributed by atoms with van der Waals surface area (Å²) >= 11 is 0. The summed E-state index contributed by atoms with van der Waals surface area (Å²) in [5.41, 5.74) is -0.523. The maximum absolute atomic E-state index is 12.9. The van der Waals surface area contributed by atoms with Crippen LogP contribution in [0.5, 0.6) is 0 Å². The quantitative estimate of drug-likeness (QED) is 0.796. The van der Waals surface area contributed by atoms with Crippen LogP contribution in [0.4, 0.5) is 9.18 Å². The number of ether oxygens (including phenoxy) is 2. The van der Waals surface area contributed by atoms with E-state index in [1.165, 1.54) is 31.3 Å². The lowest BCUT2D eigenvalue weighted by Crippen LogP contribution is -2.53. The molecule has 0 spiro atoms. The Labute approximate surface area is 117 Å². The first kappa shape index (κ1) is 15.9. The van der Waals surface area contributed by atoms with Gasteiger partial charge in [-0.25, -0.2) is 14.0 Å². The Morgan fingerprint density at radius 3 is 2.15 bits per heavy atom. The van der Waals surface area contributed by atoms with Crippen molar-refractivity contribution in [1.29, 1.82) is 0 Å². The van der Waals surface area contributed by atoms with Crippen LogP contribution >= 0.6 is 0 Å². The molecule has 0 aromatic heterocycles. The molecule has 1 aromatic carbocycles. The van der Waals surface area contributed by atoms with Crippen molar-refractivity contribution in [2.24, 2.45) is 0 Å². The summed E-state index contributed by atoms with van der Waals surface area (Å²) in [5, 5.41) is 0. The van der Waals surface area contributed by atoms with Gasteiger partial charge in [0, 0.05) is 0 Å². The molecule has 1 rings (SSSR count). The first-order valence-corrected chi connectivity index (χ1v) is 6.01. The third-order valence-electron chi connectivity index (χ3n) is 3.01. The molecule has 0 saturated heterocycles. The Morgan fingerprint density at radius 1 is 1.15 bits per heavy atom. The molecule has 0 heterocycles. The highest BCUT2D eigenvalue weighted by molar-refractivity contribution is 5.84. The summed E-state index contributed by atoms with van der Waals surface area (Å²) in [6.07, 6.45) is -0.662. The van der Waals surface area contributed by atoms with Crippen LogP contribution in [-0.2, 0) is 20.8 Å². The van der Waals surface area contributed by atoms with Gasteiger partial charge in [-0.05, 0) is 31.5 Å². The van der Waals surface area contributed by atoms with Crippen molar-refractivity contribution in [3.8, 4) is 0 Å². The summed E-state index contributed by atoms with van der Waals surface area (Å²) in [6.45, 7) is 3.22. The molecule has 0 saturated carbocycles. The van der Waals surface area contributed by atoms with Gasteiger partial charge in [0.15, 0.2) is 0 Å². The van der Waals surface area contributed by atoms with Gasteiger partial charge >= 0.3 is 12.1 Å². The molecule has 0 radical (unpaired) electrons. The van der Waals surface area contributed by atoms with E-state index >= 15 is 0 Å². The first-order valence-electron chi connectivity index (χ1n) is 6.01. The molecule has 110 valence electrons. The zero-order chi connectivity index (χ0) is 15.3. The molecular weight excluding hydrogens is 265 g/mol. The minimum Gasteiger partial charge on any atom is -0.467 e. The van der Waals surface area contributed by atoms with Crippen molar-refractivity contribution in [3.63, 3.8) is 0 Å². The van der Waals surface area contributed by atoms with Crippen LogP contribution in [0.1, 0.15) is 19.4 Å². The summed E-state index contributed by atoms with van der Waals surface area (Å²) in [6, 6.07) is 5.66. The lowest BCUT2D eigenvalue weighted by atomic mass is 10.0. The zero-order valence-corrected chi connectivity index (χ0v) is 12.0. The Bertz CT molecular complexity index is 484. The second-order valence-corrected chi connectivity index (χ2v) is 4.73. The van der Waals surface area contributed by atoms with Gasteiger partial charge in [0.05, 0.1) is 20.8 Å². The van der Waals surface area contributed by atoms with Crippen LogP contribution in [0.3, 0.4) is 0 Å². The van der Waals surface area contributed by atoms with E-state index in [1.54, 1.807) is 26.0 Å². The smallest absolute Gasteiger partial charge is 0.410 e. The van der Waals surface area contributed by atoms with Crippen molar-refractivity contribution in [3.05, 3.63) is 35.6 Å². The van der Waals surface area contributed by atoms with Crippen LogP contribution in [0.2, 0.25) is 0 Å². The highest BCUT2D eigenvalue weighted by Gasteiger charge is 2.39. The van der Waals surface area contributed by atoms with Crippen molar-refractivity contribution in [1.82, 2.24) is 4.90 Å². The average Bonchev–Trinajstić information content (AvgIpc) is 2.44.